The van der Waals surface area contributed by atoms with Gasteiger partial charge in [-0.05, 0) is 50.0 Å². The van der Waals surface area contributed by atoms with Crippen LogP contribution in [0.3, 0.4) is 0 Å². The van der Waals surface area contributed by atoms with Crippen LogP contribution < -0.4 is 20.3 Å². The number of hydrogen-bond acceptors (Lipinski definition) is 6. The summed E-state index contributed by atoms with van der Waals surface area (Å²) in [6, 6.07) is 5.61. The van der Waals surface area contributed by atoms with Crippen LogP contribution >= 0.6 is 12.2 Å². The molecule has 9 heteroatoms. The van der Waals surface area contributed by atoms with Crippen molar-refractivity contribution in [2.75, 3.05) is 33.1 Å². The number of H-pyrrole nitrogens is 1. The lowest BCUT2D eigenvalue weighted by atomic mass is 10.1. The highest BCUT2D eigenvalue weighted by atomic mass is 32.1. The largest absolute Gasteiger partial charge is 0.454 e. The first-order valence-electron chi connectivity index (χ1n) is 10.9. The van der Waals surface area contributed by atoms with Crippen LogP contribution in [0.15, 0.2) is 23.0 Å². The fourth-order valence-electron chi connectivity index (χ4n) is 4.34. The SMILES string of the molecule is O=c1[nH]c2cc3c(cc2cc1CN(C[C@@H]1CCCO1)C(=S)NC[C@H]1CCCO1)OCO3. The third-order valence-corrected chi connectivity index (χ3v) is 6.42. The van der Waals surface area contributed by atoms with E-state index in [0.717, 1.165) is 49.8 Å². The lowest BCUT2D eigenvalue weighted by molar-refractivity contribution is 0.0885. The maximum atomic E-state index is 12.8. The van der Waals surface area contributed by atoms with Gasteiger partial charge in [-0.15, -0.1) is 0 Å². The van der Waals surface area contributed by atoms with Gasteiger partial charge in [0.2, 0.25) is 6.79 Å². The van der Waals surface area contributed by atoms with Crippen LogP contribution in [0.5, 0.6) is 11.5 Å². The molecule has 5 rings (SSSR count). The molecule has 4 heterocycles. The van der Waals surface area contributed by atoms with E-state index in [0.29, 0.717) is 41.8 Å². The number of nitrogens with one attached hydrogen (secondary N) is 2. The molecule has 0 saturated carbocycles. The Morgan fingerprint density at radius 3 is 2.58 bits per heavy atom. The Kier molecular flexibility index (Phi) is 5.97. The van der Waals surface area contributed by atoms with Gasteiger partial charge in [0.25, 0.3) is 5.56 Å². The molecule has 3 aliphatic heterocycles. The third-order valence-electron chi connectivity index (χ3n) is 6.02. The number of aromatic amines is 1. The second-order valence-corrected chi connectivity index (χ2v) is 8.64. The van der Waals surface area contributed by atoms with E-state index in [-0.39, 0.29) is 24.6 Å². The topological polar surface area (TPSA) is 85.1 Å². The number of pyridine rings is 1. The summed E-state index contributed by atoms with van der Waals surface area (Å²) in [5.74, 6) is 1.34. The molecule has 2 N–H and O–H groups in total. The monoisotopic (exact) mass is 445 g/mol. The molecule has 0 spiro atoms. The molecule has 3 aliphatic rings. The number of benzene rings is 1. The van der Waals surface area contributed by atoms with Crippen molar-refractivity contribution < 1.29 is 18.9 Å². The maximum absolute atomic E-state index is 12.8. The van der Waals surface area contributed by atoms with E-state index < -0.39 is 0 Å². The fourth-order valence-corrected chi connectivity index (χ4v) is 4.56. The molecule has 166 valence electrons. The predicted molar refractivity (Wildman–Crippen MR) is 120 cm³/mol. The Bertz CT molecular complexity index is 1010. The van der Waals surface area contributed by atoms with E-state index in [4.69, 9.17) is 31.2 Å². The Morgan fingerprint density at radius 2 is 1.84 bits per heavy atom. The van der Waals surface area contributed by atoms with Gasteiger partial charge in [-0.25, -0.2) is 0 Å². The number of rotatable bonds is 6. The summed E-state index contributed by atoms with van der Waals surface area (Å²) >= 11 is 5.70. The average molecular weight is 446 g/mol. The van der Waals surface area contributed by atoms with Gasteiger partial charge in [0.05, 0.1) is 24.3 Å². The average Bonchev–Trinajstić information content (AvgIpc) is 3.53. The van der Waals surface area contributed by atoms with Gasteiger partial charge in [-0.1, -0.05) is 0 Å². The molecule has 0 bridgehead atoms. The summed E-state index contributed by atoms with van der Waals surface area (Å²) in [4.78, 5) is 17.8. The van der Waals surface area contributed by atoms with E-state index >= 15 is 0 Å². The molecule has 2 fully saturated rings. The highest BCUT2D eigenvalue weighted by Gasteiger charge is 2.24. The number of hydrogen-bond donors (Lipinski definition) is 2. The number of nitrogens with zero attached hydrogens (tertiary/aromatic N) is 1. The molecular weight excluding hydrogens is 418 g/mol. The third kappa shape index (κ3) is 4.63. The van der Waals surface area contributed by atoms with E-state index in [2.05, 4.69) is 10.3 Å². The van der Waals surface area contributed by atoms with Crippen LogP contribution in [0, 0.1) is 0 Å². The summed E-state index contributed by atoms with van der Waals surface area (Å²) < 4.78 is 22.4. The van der Waals surface area contributed by atoms with Crippen LogP contribution in [-0.4, -0.2) is 60.3 Å². The van der Waals surface area contributed by atoms with Crippen molar-refractivity contribution in [3.05, 3.63) is 34.1 Å². The summed E-state index contributed by atoms with van der Waals surface area (Å²) in [5.41, 5.74) is 1.24. The highest BCUT2D eigenvalue weighted by Crippen LogP contribution is 2.35. The molecule has 8 nitrogen and oxygen atoms in total. The fraction of sp³-hybridized carbons (Fsp3) is 0.545. The molecule has 0 aliphatic carbocycles. The first-order valence-corrected chi connectivity index (χ1v) is 11.3. The molecule has 1 aromatic carbocycles. The van der Waals surface area contributed by atoms with Gasteiger partial charge in [-0.3, -0.25) is 4.79 Å². The van der Waals surface area contributed by atoms with Gasteiger partial charge in [0.15, 0.2) is 16.6 Å². The summed E-state index contributed by atoms with van der Waals surface area (Å²) in [5, 5.41) is 4.86. The molecule has 2 atom stereocenters. The Balaban J connectivity index is 1.36. The summed E-state index contributed by atoms with van der Waals surface area (Å²) in [7, 11) is 0. The van der Waals surface area contributed by atoms with Gasteiger partial charge in [-0.2, -0.15) is 0 Å². The summed E-state index contributed by atoms with van der Waals surface area (Å²) in [6.07, 6.45) is 4.50. The second kappa shape index (κ2) is 9.02. The molecule has 0 radical (unpaired) electrons. The number of ether oxygens (including phenoxy) is 4. The van der Waals surface area contributed by atoms with Crippen molar-refractivity contribution in [1.29, 1.82) is 0 Å². The van der Waals surface area contributed by atoms with Crippen LogP contribution in [0.4, 0.5) is 0 Å². The number of aromatic nitrogens is 1. The standard InChI is InChI=1S/C22H27N3O5S/c26-21-15(7-14-8-19-20(30-13-29-19)9-18(14)24-21)11-25(12-17-4-2-6-28-17)22(31)23-10-16-3-1-5-27-16/h7-9,16-17H,1-6,10-13H2,(H,23,31)(H,24,26)/t16-,17+/m1/s1. The van der Waals surface area contributed by atoms with Crippen molar-refractivity contribution in [1.82, 2.24) is 15.2 Å². The smallest absolute Gasteiger partial charge is 0.253 e. The zero-order chi connectivity index (χ0) is 21.2. The molecule has 0 unspecified atom stereocenters. The van der Waals surface area contributed by atoms with Crippen LogP contribution in [0.1, 0.15) is 31.2 Å². The zero-order valence-electron chi connectivity index (χ0n) is 17.4. The van der Waals surface area contributed by atoms with Crippen LogP contribution in [0.25, 0.3) is 10.9 Å². The number of thiocarbonyl (C=S) groups is 1. The molecule has 2 aromatic rings. The lowest BCUT2D eigenvalue weighted by Gasteiger charge is -2.28. The van der Waals surface area contributed by atoms with E-state index in [1.165, 1.54) is 0 Å². The Labute approximate surface area is 185 Å². The number of fused-ring (bicyclic) bond motifs is 2. The van der Waals surface area contributed by atoms with Crippen molar-refractivity contribution in [2.24, 2.45) is 0 Å². The van der Waals surface area contributed by atoms with E-state index in [9.17, 15) is 4.79 Å². The Morgan fingerprint density at radius 1 is 1.10 bits per heavy atom. The minimum atomic E-state index is -0.134. The summed E-state index contributed by atoms with van der Waals surface area (Å²) in [6.45, 7) is 3.51. The zero-order valence-corrected chi connectivity index (χ0v) is 18.2. The molecule has 0 amide bonds. The molecule has 31 heavy (non-hydrogen) atoms. The first kappa shape index (κ1) is 20.5. The molecule has 1 aromatic heterocycles. The van der Waals surface area contributed by atoms with Gasteiger partial charge >= 0.3 is 0 Å². The Hall–Kier alpha value is -2.36. The predicted octanol–water partition coefficient (Wildman–Crippen LogP) is 2.29. The van der Waals surface area contributed by atoms with E-state index in [1.807, 2.05) is 17.0 Å². The lowest BCUT2D eigenvalue weighted by Crippen LogP contribution is -2.45. The molecule has 2 saturated heterocycles. The van der Waals surface area contributed by atoms with Crippen LogP contribution in [0.2, 0.25) is 0 Å². The van der Waals surface area contributed by atoms with Crippen molar-refractivity contribution in [3.63, 3.8) is 0 Å². The van der Waals surface area contributed by atoms with E-state index in [1.54, 1.807) is 6.07 Å². The van der Waals surface area contributed by atoms with Crippen molar-refractivity contribution in [3.8, 4) is 11.5 Å². The first-order chi connectivity index (χ1) is 15.2. The highest BCUT2D eigenvalue weighted by molar-refractivity contribution is 7.80. The van der Waals surface area contributed by atoms with Gasteiger partial charge in [0, 0.05) is 43.3 Å². The minimum Gasteiger partial charge on any atom is -0.454 e. The van der Waals surface area contributed by atoms with Crippen molar-refractivity contribution in [2.45, 2.75) is 44.4 Å². The normalized spacial score (nSPS) is 22.2. The maximum Gasteiger partial charge on any atom is 0.253 e. The minimum absolute atomic E-state index is 0.121. The second-order valence-electron chi connectivity index (χ2n) is 8.25. The van der Waals surface area contributed by atoms with Gasteiger partial charge < -0.3 is 34.1 Å². The molecular formula is C22H27N3O5S. The van der Waals surface area contributed by atoms with Gasteiger partial charge in [0.1, 0.15) is 0 Å². The van der Waals surface area contributed by atoms with Crippen molar-refractivity contribution >= 4 is 28.2 Å². The quantitative estimate of drug-likeness (QED) is 0.656. The van der Waals surface area contributed by atoms with Crippen LogP contribution in [-0.2, 0) is 16.0 Å².